The van der Waals surface area contributed by atoms with E-state index in [9.17, 15) is 4.79 Å². The number of benzene rings is 3. The first-order valence-electron chi connectivity index (χ1n) is 13.8. The van der Waals surface area contributed by atoms with E-state index in [1.807, 2.05) is 109 Å². The highest BCUT2D eigenvalue weighted by Crippen LogP contribution is 2.23. The molecule has 214 valence electrons. The monoisotopic (exact) mass is 563 g/mol. The second-order valence-corrected chi connectivity index (χ2v) is 9.77. The summed E-state index contributed by atoms with van der Waals surface area (Å²) < 4.78 is 22.5. The van der Waals surface area contributed by atoms with Crippen LogP contribution in [0.3, 0.4) is 0 Å². The number of aromatic nitrogens is 2. The van der Waals surface area contributed by atoms with Gasteiger partial charge in [-0.15, -0.1) is 0 Å². The summed E-state index contributed by atoms with van der Waals surface area (Å²) in [5, 5.41) is 0. The van der Waals surface area contributed by atoms with Gasteiger partial charge in [0, 0.05) is 37.3 Å². The Balaban J connectivity index is 1.15. The van der Waals surface area contributed by atoms with Crippen molar-refractivity contribution in [3.05, 3.63) is 126 Å². The Labute approximate surface area is 245 Å². The molecular weight excluding hydrogens is 530 g/mol. The van der Waals surface area contributed by atoms with E-state index in [2.05, 4.69) is 9.97 Å². The Kier molecular flexibility index (Phi) is 9.59. The van der Waals surface area contributed by atoms with Gasteiger partial charge in [-0.25, -0.2) is 9.97 Å². The lowest BCUT2D eigenvalue weighted by Crippen LogP contribution is -2.29. The zero-order valence-electron chi connectivity index (χ0n) is 23.7. The van der Waals surface area contributed by atoms with E-state index < -0.39 is 0 Å². The number of hydrogen-bond acceptors (Lipinski definition) is 8. The summed E-state index contributed by atoms with van der Waals surface area (Å²) in [4.78, 5) is 23.2. The largest absolute Gasteiger partial charge is 0.477 e. The first kappa shape index (κ1) is 28.6. The topological polar surface area (TPSA) is 86.9 Å². The number of carbonyl (C=O) groups is 1. The summed E-state index contributed by atoms with van der Waals surface area (Å²) >= 11 is 0. The van der Waals surface area contributed by atoms with Gasteiger partial charge in [0.15, 0.2) is 0 Å². The van der Waals surface area contributed by atoms with Gasteiger partial charge in [-0.3, -0.25) is 9.69 Å². The van der Waals surface area contributed by atoms with Crippen LogP contribution < -0.4 is 9.47 Å². The van der Waals surface area contributed by atoms with Crippen LogP contribution in [0, 0.1) is 6.92 Å². The van der Waals surface area contributed by atoms with Crippen LogP contribution in [-0.2, 0) is 29.0 Å². The number of oxazole rings is 1. The molecule has 0 aliphatic rings. The number of aryl methyl sites for hydroxylation is 1. The van der Waals surface area contributed by atoms with Gasteiger partial charge in [0.2, 0.25) is 11.8 Å². The molecule has 8 nitrogen and oxygen atoms in total. The van der Waals surface area contributed by atoms with E-state index in [0.29, 0.717) is 37.9 Å². The highest BCUT2D eigenvalue weighted by molar-refractivity contribution is 5.71. The van der Waals surface area contributed by atoms with Gasteiger partial charge in [-0.05, 0) is 54.4 Å². The van der Waals surface area contributed by atoms with Crippen LogP contribution in [0.1, 0.15) is 22.6 Å². The molecule has 0 aliphatic carbocycles. The number of nitrogens with zero attached hydrogens (tertiary/aromatic N) is 3. The van der Waals surface area contributed by atoms with Crippen molar-refractivity contribution >= 4 is 5.97 Å². The zero-order chi connectivity index (χ0) is 29.1. The van der Waals surface area contributed by atoms with E-state index in [-0.39, 0.29) is 12.5 Å². The van der Waals surface area contributed by atoms with E-state index >= 15 is 0 Å². The second kappa shape index (κ2) is 14.1. The summed E-state index contributed by atoms with van der Waals surface area (Å²) in [7, 11) is 1.40. The minimum absolute atomic E-state index is 0.152. The van der Waals surface area contributed by atoms with Gasteiger partial charge in [0.25, 0.3) is 0 Å². The second-order valence-electron chi connectivity index (χ2n) is 9.77. The van der Waals surface area contributed by atoms with Gasteiger partial charge in [-0.1, -0.05) is 54.6 Å². The highest BCUT2D eigenvalue weighted by atomic mass is 16.5. The molecule has 2 heterocycles. The molecule has 0 radical (unpaired) electrons. The first-order valence-corrected chi connectivity index (χ1v) is 13.8. The minimum atomic E-state index is -0.300. The molecule has 2 aromatic heterocycles. The van der Waals surface area contributed by atoms with Gasteiger partial charge < -0.3 is 18.6 Å². The number of carbonyl (C=O) groups excluding carboxylic acids is 1. The third kappa shape index (κ3) is 8.05. The maximum absolute atomic E-state index is 12.1. The van der Waals surface area contributed by atoms with E-state index in [1.165, 1.54) is 7.11 Å². The normalized spacial score (nSPS) is 10.9. The average Bonchev–Trinajstić information content (AvgIpc) is 3.40. The van der Waals surface area contributed by atoms with Crippen LogP contribution in [-0.4, -0.2) is 41.1 Å². The molecule has 0 bridgehead atoms. The number of para-hydroxylation sites is 1. The Morgan fingerprint density at radius 1 is 0.833 bits per heavy atom. The Morgan fingerprint density at radius 3 is 2.19 bits per heavy atom. The van der Waals surface area contributed by atoms with Crippen molar-refractivity contribution in [3.63, 3.8) is 0 Å². The van der Waals surface area contributed by atoms with Crippen molar-refractivity contribution in [2.24, 2.45) is 0 Å². The number of pyridine rings is 1. The molecule has 0 atom stereocenters. The SMILES string of the molecule is COC(=O)CN(Cc1ccc(Oc2ccccc2)cc1)Cc1ccc(OCCc2nc(-c3ccccc3)oc2C)nc1. The number of rotatable bonds is 13. The maximum atomic E-state index is 12.1. The third-order valence-corrected chi connectivity index (χ3v) is 6.59. The van der Waals surface area contributed by atoms with Crippen LogP contribution in [0.25, 0.3) is 11.5 Å². The van der Waals surface area contributed by atoms with Crippen LogP contribution in [0.5, 0.6) is 17.4 Å². The number of ether oxygens (including phenoxy) is 3. The quantitative estimate of drug-likeness (QED) is 0.148. The number of hydrogen-bond donors (Lipinski definition) is 0. The molecule has 0 fully saturated rings. The van der Waals surface area contributed by atoms with Gasteiger partial charge in [0.1, 0.15) is 17.3 Å². The predicted octanol–water partition coefficient (Wildman–Crippen LogP) is 6.63. The predicted molar refractivity (Wildman–Crippen MR) is 159 cm³/mol. The average molecular weight is 564 g/mol. The number of esters is 1. The number of methoxy groups -OCH3 is 1. The van der Waals surface area contributed by atoms with Crippen molar-refractivity contribution in [2.75, 3.05) is 20.3 Å². The summed E-state index contributed by atoms with van der Waals surface area (Å²) in [6.07, 6.45) is 2.37. The van der Waals surface area contributed by atoms with Crippen molar-refractivity contribution in [2.45, 2.75) is 26.4 Å². The van der Waals surface area contributed by atoms with Crippen molar-refractivity contribution < 1.29 is 23.4 Å². The summed E-state index contributed by atoms with van der Waals surface area (Å²) in [5.41, 5.74) is 3.81. The van der Waals surface area contributed by atoms with Crippen LogP contribution in [0.4, 0.5) is 0 Å². The van der Waals surface area contributed by atoms with Gasteiger partial charge in [0.05, 0.1) is 26.0 Å². The molecule has 5 aromatic rings. The Hall–Kier alpha value is -4.95. The van der Waals surface area contributed by atoms with Crippen molar-refractivity contribution in [3.8, 4) is 28.8 Å². The van der Waals surface area contributed by atoms with Gasteiger partial charge >= 0.3 is 5.97 Å². The molecule has 0 aliphatic heterocycles. The summed E-state index contributed by atoms with van der Waals surface area (Å²) in [5.74, 6) is 3.15. The van der Waals surface area contributed by atoms with E-state index in [1.54, 1.807) is 6.20 Å². The molecular formula is C34H33N3O5. The van der Waals surface area contributed by atoms with Crippen molar-refractivity contribution in [1.82, 2.24) is 14.9 Å². The third-order valence-electron chi connectivity index (χ3n) is 6.59. The molecule has 3 aromatic carbocycles. The fourth-order valence-electron chi connectivity index (χ4n) is 4.43. The molecule has 0 N–H and O–H groups in total. The highest BCUT2D eigenvalue weighted by Gasteiger charge is 2.14. The molecule has 0 spiro atoms. The maximum Gasteiger partial charge on any atom is 0.319 e. The molecule has 0 amide bonds. The van der Waals surface area contributed by atoms with E-state index in [4.69, 9.17) is 18.6 Å². The molecule has 0 saturated heterocycles. The molecule has 0 unspecified atom stereocenters. The smallest absolute Gasteiger partial charge is 0.319 e. The van der Waals surface area contributed by atoms with Gasteiger partial charge in [-0.2, -0.15) is 0 Å². The molecule has 5 rings (SSSR count). The Bertz CT molecular complexity index is 1550. The molecule has 42 heavy (non-hydrogen) atoms. The molecule has 8 heteroatoms. The lowest BCUT2D eigenvalue weighted by molar-refractivity contribution is -0.142. The van der Waals surface area contributed by atoms with E-state index in [0.717, 1.165) is 39.6 Å². The fraction of sp³-hybridized carbons (Fsp3) is 0.206. The Morgan fingerprint density at radius 2 is 1.50 bits per heavy atom. The molecule has 0 saturated carbocycles. The van der Waals surface area contributed by atoms with Crippen molar-refractivity contribution in [1.29, 1.82) is 0 Å². The lowest BCUT2D eigenvalue weighted by Gasteiger charge is -2.21. The fourth-order valence-corrected chi connectivity index (χ4v) is 4.43. The minimum Gasteiger partial charge on any atom is -0.477 e. The lowest BCUT2D eigenvalue weighted by atomic mass is 10.2. The van der Waals surface area contributed by atoms with Crippen LogP contribution >= 0.6 is 0 Å². The summed E-state index contributed by atoms with van der Waals surface area (Å²) in [6.45, 7) is 3.56. The first-order chi connectivity index (χ1) is 20.6. The van der Waals surface area contributed by atoms with Crippen LogP contribution in [0.2, 0.25) is 0 Å². The summed E-state index contributed by atoms with van der Waals surface area (Å²) in [6, 6.07) is 31.1. The zero-order valence-corrected chi connectivity index (χ0v) is 23.7. The standard InChI is InChI=1S/C34H33N3O5/c1-25-31(36-34(41-25)28-9-5-3-6-10-28)19-20-40-32-18-15-27(21-35-32)23-37(24-33(38)39-2)22-26-13-16-30(17-14-26)42-29-11-7-4-8-12-29/h3-18,21H,19-20,22-24H2,1-2H3. The van der Waals surface area contributed by atoms with Crippen LogP contribution in [0.15, 0.2) is 108 Å².